The van der Waals surface area contributed by atoms with E-state index in [0.717, 1.165) is 24.7 Å². The highest BCUT2D eigenvalue weighted by atomic mass is 28.4. The molecule has 0 bridgehead atoms. The average Bonchev–Trinajstić information content (AvgIpc) is 3.13. The van der Waals surface area contributed by atoms with Gasteiger partial charge >= 0.3 is 0 Å². The van der Waals surface area contributed by atoms with Crippen molar-refractivity contribution >= 4 is 22.3 Å². The van der Waals surface area contributed by atoms with Gasteiger partial charge in [-0.3, -0.25) is 0 Å². The second kappa shape index (κ2) is 10.5. The predicted octanol–water partition coefficient (Wildman–Crippen LogP) is 8.65. The van der Waals surface area contributed by atoms with Gasteiger partial charge in [0.05, 0.1) is 5.71 Å². The van der Waals surface area contributed by atoms with E-state index < -0.39 is 16.6 Å². The van der Waals surface area contributed by atoms with Crippen molar-refractivity contribution in [3.05, 3.63) is 35.9 Å². The van der Waals surface area contributed by atoms with Crippen molar-refractivity contribution in [2.45, 2.75) is 123 Å². The van der Waals surface area contributed by atoms with Crippen LogP contribution in [0, 0.1) is 34.5 Å². The Balaban J connectivity index is 1.39. The van der Waals surface area contributed by atoms with Crippen LogP contribution in [-0.2, 0) is 20.3 Å². The SMILES string of the molecule is C[C@]12CCC(O[Si](C)(C)C)CC1CC[C@@H]1[C@@H]2C(O[Si](C)(C)C)C[C@]2(C)/C(=N/OCc3ccccc3)CC[C@@H]12. The zero-order chi connectivity index (χ0) is 27.3. The second-order valence-corrected chi connectivity index (χ2v) is 24.3. The van der Waals surface area contributed by atoms with E-state index in [1.165, 1.54) is 49.8 Å². The summed E-state index contributed by atoms with van der Waals surface area (Å²) in [5.74, 6) is 2.84. The number of hydrogen-bond acceptors (Lipinski definition) is 4. The van der Waals surface area contributed by atoms with Crippen molar-refractivity contribution < 1.29 is 13.7 Å². The molecule has 4 aliphatic carbocycles. The van der Waals surface area contributed by atoms with Gasteiger partial charge in [-0.1, -0.05) is 49.3 Å². The minimum absolute atomic E-state index is 0.0868. The first-order chi connectivity index (χ1) is 17.8. The normalized spacial score (nSPS) is 40.4. The van der Waals surface area contributed by atoms with E-state index >= 15 is 0 Å². The van der Waals surface area contributed by atoms with Crippen LogP contribution in [0.1, 0.15) is 70.8 Å². The number of nitrogens with zero attached hydrogens (tertiary/aromatic N) is 1. The molecule has 0 N–H and O–H groups in total. The third-order valence-corrected chi connectivity index (χ3v) is 12.6. The number of hydrogen-bond donors (Lipinski definition) is 0. The van der Waals surface area contributed by atoms with Crippen LogP contribution in [-0.4, -0.2) is 34.6 Å². The van der Waals surface area contributed by atoms with Crippen molar-refractivity contribution in [2.75, 3.05) is 0 Å². The summed E-state index contributed by atoms with van der Waals surface area (Å²) in [6.45, 7) is 19.9. The summed E-state index contributed by atoms with van der Waals surface area (Å²) in [5, 5.41) is 4.85. The van der Waals surface area contributed by atoms with E-state index in [9.17, 15) is 0 Å². The number of rotatable bonds is 7. The topological polar surface area (TPSA) is 40.0 Å². The average molecular weight is 556 g/mol. The molecule has 0 heterocycles. The molecule has 5 rings (SSSR count). The maximum atomic E-state index is 7.18. The molecule has 0 aromatic heterocycles. The van der Waals surface area contributed by atoms with E-state index in [2.05, 4.69) is 83.5 Å². The quantitative estimate of drug-likeness (QED) is 0.250. The lowest BCUT2D eigenvalue weighted by Crippen LogP contribution is -2.61. The van der Waals surface area contributed by atoms with Gasteiger partial charge in [0.2, 0.25) is 0 Å². The van der Waals surface area contributed by atoms with Gasteiger partial charge in [-0.25, -0.2) is 0 Å². The largest absolute Gasteiger partial charge is 0.415 e. The summed E-state index contributed by atoms with van der Waals surface area (Å²) in [4.78, 5) is 5.99. The lowest BCUT2D eigenvalue weighted by Gasteiger charge is -2.63. The standard InChI is InChI=1S/C32H53NO3Si2/c1-31-19-18-25(35-37(3,4)5)20-24(31)14-15-26-27-16-17-29(33-34-22-23-12-10-9-11-13-23)32(27,2)21-28(30(26)31)36-38(6,7)8/h9-13,24-28,30H,14-22H2,1-8H3/b33-29+/t24?,25?,26-,27-,28?,30+,31-,32-/m0/s1. The zero-order valence-electron chi connectivity index (χ0n) is 25.4. The zero-order valence-corrected chi connectivity index (χ0v) is 27.4. The van der Waals surface area contributed by atoms with E-state index in [-0.39, 0.29) is 5.41 Å². The Bertz CT molecular complexity index is 1000. The Kier molecular flexibility index (Phi) is 7.87. The molecule has 1 aromatic rings. The maximum absolute atomic E-state index is 7.18. The molecule has 4 fully saturated rings. The van der Waals surface area contributed by atoms with Gasteiger partial charge in [0.15, 0.2) is 16.6 Å². The lowest BCUT2D eigenvalue weighted by molar-refractivity contribution is -0.157. The molecule has 4 saturated carbocycles. The highest BCUT2D eigenvalue weighted by Crippen LogP contribution is 2.66. The van der Waals surface area contributed by atoms with E-state index in [0.29, 0.717) is 36.1 Å². The van der Waals surface area contributed by atoms with Gasteiger partial charge in [0.25, 0.3) is 0 Å². The predicted molar refractivity (Wildman–Crippen MR) is 162 cm³/mol. The van der Waals surface area contributed by atoms with Gasteiger partial charge in [-0.2, -0.15) is 0 Å². The van der Waals surface area contributed by atoms with Crippen molar-refractivity contribution in [3.63, 3.8) is 0 Å². The highest BCUT2D eigenvalue weighted by molar-refractivity contribution is 6.70. The van der Waals surface area contributed by atoms with Crippen LogP contribution in [0.25, 0.3) is 0 Å². The smallest absolute Gasteiger partial charge is 0.184 e. The van der Waals surface area contributed by atoms with E-state index in [4.69, 9.17) is 18.8 Å². The first kappa shape index (κ1) is 28.6. The molecule has 0 saturated heterocycles. The summed E-state index contributed by atoms with van der Waals surface area (Å²) >= 11 is 0. The van der Waals surface area contributed by atoms with Crippen LogP contribution < -0.4 is 0 Å². The van der Waals surface area contributed by atoms with Gasteiger partial charge in [-0.05, 0) is 125 Å². The fourth-order valence-electron chi connectivity index (χ4n) is 9.18. The molecule has 6 heteroatoms. The summed E-state index contributed by atoms with van der Waals surface area (Å²) in [6, 6.07) is 10.4. The van der Waals surface area contributed by atoms with Gasteiger partial charge in [-0.15, -0.1) is 0 Å². The van der Waals surface area contributed by atoms with E-state index in [1.807, 2.05) is 0 Å². The van der Waals surface area contributed by atoms with Crippen LogP contribution >= 0.6 is 0 Å². The Hall–Kier alpha value is -0.956. The fraction of sp³-hybridized carbons (Fsp3) is 0.781. The number of fused-ring (bicyclic) bond motifs is 5. The lowest BCUT2D eigenvalue weighted by atomic mass is 9.44. The van der Waals surface area contributed by atoms with Crippen molar-refractivity contribution in [2.24, 2.45) is 39.7 Å². The summed E-state index contributed by atoms with van der Waals surface area (Å²) in [6.07, 6.45) is 10.7. The molecule has 0 aliphatic heterocycles. The first-order valence-electron chi connectivity index (χ1n) is 15.4. The van der Waals surface area contributed by atoms with Crippen LogP contribution in [0.2, 0.25) is 39.3 Å². The molecule has 0 amide bonds. The number of benzene rings is 1. The van der Waals surface area contributed by atoms with Gasteiger partial charge in [0, 0.05) is 17.6 Å². The molecule has 3 unspecified atom stereocenters. The molecular formula is C32H53NO3Si2. The molecule has 0 spiro atoms. The molecule has 4 aliphatic rings. The monoisotopic (exact) mass is 555 g/mol. The first-order valence-corrected chi connectivity index (χ1v) is 22.2. The Morgan fingerprint density at radius 2 is 1.61 bits per heavy atom. The fourth-order valence-corrected chi connectivity index (χ4v) is 11.5. The van der Waals surface area contributed by atoms with E-state index in [1.54, 1.807) is 0 Å². The highest BCUT2D eigenvalue weighted by Gasteiger charge is 2.63. The molecule has 212 valence electrons. The van der Waals surface area contributed by atoms with Gasteiger partial charge < -0.3 is 13.7 Å². The van der Waals surface area contributed by atoms with Crippen molar-refractivity contribution in [1.82, 2.24) is 0 Å². The molecule has 0 radical (unpaired) electrons. The minimum atomic E-state index is -1.71. The van der Waals surface area contributed by atoms with Crippen molar-refractivity contribution in [1.29, 1.82) is 0 Å². The summed E-state index contributed by atoms with van der Waals surface area (Å²) in [5.41, 5.74) is 2.92. The van der Waals surface area contributed by atoms with Crippen LogP contribution in [0.4, 0.5) is 0 Å². The molecule has 8 atom stereocenters. The summed E-state index contributed by atoms with van der Waals surface area (Å²) in [7, 11) is -3.23. The summed E-state index contributed by atoms with van der Waals surface area (Å²) < 4.78 is 13.9. The third-order valence-electron chi connectivity index (χ3n) is 10.5. The second-order valence-electron chi connectivity index (χ2n) is 15.4. The molecule has 38 heavy (non-hydrogen) atoms. The van der Waals surface area contributed by atoms with Crippen LogP contribution in [0.15, 0.2) is 35.5 Å². The number of oxime groups is 1. The van der Waals surface area contributed by atoms with Gasteiger partial charge in [0.1, 0.15) is 6.61 Å². The van der Waals surface area contributed by atoms with Crippen molar-refractivity contribution in [3.8, 4) is 0 Å². The Morgan fingerprint density at radius 3 is 2.29 bits per heavy atom. The maximum Gasteiger partial charge on any atom is 0.184 e. The Morgan fingerprint density at radius 1 is 0.895 bits per heavy atom. The Labute approximate surface area is 234 Å². The molecular weight excluding hydrogens is 503 g/mol. The molecule has 4 nitrogen and oxygen atoms in total. The van der Waals surface area contributed by atoms with Crippen LogP contribution in [0.5, 0.6) is 0 Å². The minimum Gasteiger partial charge on any atom is -0.415 e. The third kappa shape index (κ3) is 5.75. The van der Waals surface area contributed by atoms with Crippen LogP contribution in [0.3, 0.4) is 0 Å². The molecule has 1 aromatic carbocycles.